The summed E-state index contributed by atoms with van der Waals surface area (Å²) in [5.41, 5.74) is 1.44. The molecule has 33 heavy (non-hydrogen) atoms. The number of alkyl halides is 2. The van der Waals surface area contributed by atoms with Crippen molar-refractivity contribution in [1.82, 2.24) is 20.3 Å². The lowest BCUT2D eigenvalue weighted by atomic mass is 9.79. The Labute approximate surface area is 190 Å². The number of nitrogens with zero attached hydrogens (tertiary/aromatic N) is 4. The van der Waals surface area contributed by atoms with Gasteiger partial charge in [-0.05, 0) is 31.5 Å². The number of hydrogen-bond acceptors (Lipinski definition) is 6. The van der Waals surface area contributed by atoms with Crippen molar-refractivity contribution in [3.63, 3.8) is 0 Å². The van der Waals surface area contributed by atoms with Gasteiger partial charge in [0.1, 0.15) is 17.5 Å². The van der Waals surface area contributed by atoms with Gasteiger partial charge in [0.15, 0.2) is 0 Å². The maximum Gasteiger partial charge on any atom is 0.270 e. The summed E-state index contributed by atoms with van der Waals surface area (Å²) in [6, 6.07) is 8.14. The molecule has 1 atom stereocenters. The summed E-state index contributed by atoms with van der Waals surface area (Å²) in [6.45, 7) is 6.88. The van der Waals surface area contributed by atoms with Gasteiger partial charge in [-0.25, -0.2) is 23.7 Å². The number of fused-ring (bicyclic) bond motifs is 1. The maximum atomic E-state index is 13.8. The summed E-state index contributed by atoms with van der Waals surface area (Å²) in [7, 11) is 0. The molecular weight excluding hydrogens is 426 g/mol. The largest absolute Gasteiger partial charge is 0.363 e. The van der Waals surface area contributed by atoms with E-state index in [2.05, 4.69) is 30.5 Å². The van der Waals surface area contributed by atoms with Crippen LogP contribution in [0.15, 0.2) is 36.5 Å². The second kappa shape index (κ2) is 7.60. The summed E-state index contributed by atoms with van der Waals surface area (Å²) in [5, 5.41) is 7.11. The quantitative estimate of drug-likeness (QED) is 0.610. The molecule has 1 spiro atoms. The lowest BCUT2D eigenvalue weighted by Gasteiger charge is -2.47. The highest BCUT2D eigenvalue weighted by Crippen LogP contribution is 2.39. The summed E-state index contributed by atoms with van der Waals surface area (Å²) >= 11 is 0. The number of carbonyl (C=O) groups excluding carboxylic acids is 1. The Morgan fingerprint density at radius 1 is 1.24 bits per heavy atom. The molecule has 1 aromatic carbocycles. The molecule has 9 heteroatoms. The van der Waals surface area contributed by atoms with Crippen molar-refractivity contribution in [2.24, 2.45) is 5.41 Å². The van der Waals surface area contributed by atoms with Crippen LogP contribution in [0.5, 0.6) is 0 Å². The van der Waals surface area contributed by atoms with E-state index in [4.69, 9.17) is 0 Å². The van der Waals surface area contributed by atoms with E-state index in [1.165, 1.54) is 12.1 Å². The Morgan fingerprint density at radius 3 is 2.73 bits per heavy atom. The molecule has 2 aliphatic heterocycles. The molecule has 7 nitrogen and oxygen atoms in total. The summed E-state index contributed by atoms with van der Waals surface area (Å²) in [6.07, 6.45) is 2.29. The van der Waals surface area contributed by atoms with Crippen molar-refractivity contribution in [3.8, 4) is 0 Å². The minimum atomic E-state index is -2.90. The minimum Gasteiger partial charge on any atom is -0.363 e. The van der Waals surface area contributed by atoms with Crippen LogP contribution >= 0.6 is 0 Å². The first kappa shape index (κ1) is 21.5. The van der Waals surface area contributed by atoms with Gasteiger partial charge in [0.05, 0.1) is 11.7 Å². The number of nitrogens with one attached hydrogen (secondary N) is 2. The number of anilines is 2. The number of pyridine rings is 1. The average molecular weight is 453 g/mol. The van der Waals surface area contributed by atoms with Crippen molar-refractivity contribution in [3.05, 3.63) is 53.5 Å². The number of rotatable bonds is 5. The zero-order chi connectivity index (χ0) is 23.4. The third kappa shape index (κ3) is 4.07. The molecule has 2 aromatic heterocycles. The first-order valence-corrected chi connectivity index (χ1v) is 11.0. The number of benzene rings is 1. The van der Waals surface area contributed by atoms with Crippen molar-refractivity contribution in [2.75, 3.05) is 29.9 Å². The van der Waals surface area contributed by atoms with Crippen LogP contribution in [0.2, 0.25) is 0 Å². The van der Waals surface area contributed by atoms with Crippen LogP contribution in [0, 0.1) is 12.3 Å². The Hall–Kier alpha value is -3.36. The molecule has 2 N–H and O–H groups in total. The van der Waals surface area contributed by atoms with Crippen molar-refractivity contribution < 1.29 is 13.6 Å². The number of aryl methyl sites for hydroxylation is 1. The standard InChI is InChI=1S/C24H26F2N6O/c1-14(16-5-4-6-17(7-16)23(3,25)26)29-22-18-8-20(27-10-19(18)30-15(2)31-22)32-12-24(13-32)9-21(33)28-11-24/h4-8,10,14H,9,11-13H2,1-3H3,(H,28,33)(H,29,30,31)/t14-/m1/s1. The highest BCUT2D eigenvalue weighted by atomic mass is 19.3. The third-order valence-corrected chi connectivity index (χ3v) is 6.50. The van der Waals surface area contributed by atoms with Crippen LogP contribution in [-0.4, -0.2) is 40.5 Å². The molecule has 5 rings (SSSR count). The zero-order valence-electron chi connectivity index (χ0n) is 18.8. The SMILES string of the molecule is Cc1nc(N[C@H](C)c2cccc(C(C)(F)F)c2)c2cc(N3CC4(CNC(=O)C4)C3)ncc2n1. The Bertz CT molecular complexity index is 1240. The molecule has 0 bridgehead atoms. The molecule has 0 radical (unpaired) electrons. The van der Waals surface area contributed by atoms with Gasteiger partial charge in [-0.15, -0.1) is 0 Å². The summed E-state index contributed by atoms with van der Waals surface area (Å²) in [4.78, 5) is 27.5. The number of hydrogen-bond donors (Lipinski definition) is 2. The lowest BCUT2D eigenvalue weighted by Crippen LogP contribution is -2.57. The highest BCUT2D eigenvalue weighted by molar-refractivity contribution is 5.91. The summed E-state index contributed by atoms with van der Waals surface area (Å²) < 4.78 is 27.6. The first-order valence-electron chi connectivity index (χ1n) is 11.0. The number of aromatic nitrogens is 3. The van der Waals surface area contributed by atoms with Gasteiger partial charge < -0.3 is 15.5 Å². The van der Waals surface area contributed by atoms with Gasteiger partial charge in [0.2, 0.25) is 5.91 Å². The molecule has 0 unspecified atom stereocenters. The molecule has 0 saturated carbocycles. The zero-order valence-corrected chi connectivity index (χ0v) is 18.8. The molecule has 4 heterocycles. The molecule has 2 saturated heterocycles. The average Bonchev–Trinajstić information content (AvgIpc) is 3.14. The van der Waals surface area contributed by atoms with Crippen LogP contribution in [0.4, 0.5) is 20.4 Å². The predicted molar refractivity (Wildman–Crippen MR) is 122 cm³/mol. The van der Waals surface area contributed by atoms with E-state index in [0.717, 1.165) is 36.8 Å². The second-order valence-electron chi connectivity index (χ2n) is 9.37. The van der Waals surface area contributed by atoms with Gasteiger partial charge in [-0.1, -0.05) is 18.2 Å². The molecule has 3 aromatic rings. The number of carbonyl (C=O) groups is 1. The number of amides is 1. The third-order valence-electron chi connectivity index (χ3n) is 6.50. The highest BCUT2D eigenvalue weighted by Gasteiger charge is 2.48. The minimum absolute atomic E-state index is 0.000548. The van der Waals surface area contributed by atoms with Crippen LogP contribution in [0.25, 0.3) is 10.9 Å². The van der Waals surface area contributed by atoms with E-state index in [1.54, 1.807) is 12.3 Å². The molecular formula is C24H26F2N6O. The number of halogens is 2. The van der Waals surface area contributed by atoms with E-state index < -0.39 is 5.92 Å². The maximum absolute atomic E-state index is 13.8. The molecule has 172 valence electrons. The van der Waals surface area contributed by atoms with E-state index in [0.29, 0.717) is 30.1 Å². The van der Waals surface area contributed by atoms with Crippen LogP contribution < -0.4 is 15.5 Å². The summed E-state index contributed by atoms with van der Waals surface area (Å²) in [5.74, 6) is -0.754. The van der Waals surface area contributed by atoms with Crippen LogP contribution in [0.1, 0.15) is 43.3 Å². The second-order valence-corrected chi connectivity index (χ2v) is 9.37. The van der Waals surface area contributed by atoms with Gasteiger partial charge in [0.25, 0.3) is 5.92 Å². The molecule has 2 fully saturated rings. The van der Waals surface area contributed by atoms with Gasteiger partial charge in [0, 0.05) is 55.4 Å². The van der Waals surface area contributed by atoms with Crippen molar-refractivity contribution in [1.29, 1.82) is 0 Å². The topological polar surface area (TPSA) is 83.0 Å². The normalized spacial score (nSPS) is 18.3. The Kier molecular flexibility index (Phi) is 4.95. The van der Waals surface area contributed by atoms with Gasteiger partial charge >= 0.3 is 0 Å². The van der Waals surface area contributed by atoms with E-state index in [9.17, 15) is 13.6 Å². The van der Waals surface area contributed by atoms with E-state index >= 15 is 0 Å². The van der Waals surface area contributed by atoms with Gasteiger partial charge in [-0.3, -0.25) is 4.79 Å². The molecule has 0 aliphatic carbocycles. The first-order chi connectivity index (χ1) is 15.6. The van der Waals surface area contributed by atoms with Crippen molar-refractivity contribution >= 4 is 28.4 Å². The molecule has 1 amide bonds. The van der Waals surface area contributed by atoms with Crippen LogP contribution in [-0.2, 0) is 10.7 Å². The van der Waals surface area contributed by atoms with Crippen molar-refractivity contribution in [2.45, 2.75) is 39.2 Å². The smallest absolute Gasteiger partial charge is 0.270 e. The Balaban J connectivity index is 1.42. The fourth-order valence-corrected chi connectivity index (χ4v) is 4.69. The predicted octanol–water partition coefficient (Wildman–Crippen LogP) is 3.94. The Morgan fingerprint density at radius 2 is 2.03 bits per heavy atom. The van der Waals surface area contributed by atoms with E-state index in [-0.39, 0.29) is 22.9 Å². The van der Waals surface area contributed by atoms with E-state index in [1.807, 2.05) is 26.0 Å². The fraction of sp³-hybridized carbons (Fsp3) is 0.417. The van der Waals surface area contributed by atoms with Crippen LogP contribution in [0.3, 0.4) is 0 Å². The fourth-order valence-electron chi connectivity index (χ4n) is 4.69. The molecule has 2 aliphatic rings. The lowest BCUT2D eigenvalue weighted by molar-refractivity contribution is -0.119. The monoisotopic (exact) mass is 452 g/mol. The van der Waals surface area contributed by atoms with Gasteiger partial charge in [-0.2, -0.15) is 0 Å².